The molecule has 20 heavy (non-hydrogen) atoms. The Morgan fingerprint density at radius 1 is 1.30 bits per heavy atom. The second-order valence-electron chi connectivity index (χ2n) is 7.39. The lowest BCUT2D eigenvalue weighted by molar-refractivity contribution is -0.116. The van der Waals surface area contributed by atoms with Crippen molar-refractivity contribution in [1.29, 1.82) is 0 Å². The van der Waals surface area contributed by atoms with Crippen molar-refractivity contribution in [3.05, 3.63) is 0 Å². The monoisotopic (exact) mass is 282 g/mol. The molecule has 1 unspecified atom stereocenters. The number of carbonyl (C=O) groups excluding carboxylic acids is 1. The van der Waals surface area contributed by atoms with Crippen LogP contribution in [0, 0.1) is 0 Å². The van der Waals surface area contributed by atoms with Crippen LogP contribution in [0.25, 0.3) is 0 Å². The summed E-state index contributed by atoms with van der Waals surface area (Å²) in [4.78, 5) is 14.4. The van der Waals surface area contributed by atoms with E-state index in [0.717, 1.165) is 45.4 Å². The smallest absolute Gasteiger partial charge is 0.410 e. The minimum atomic E-state index is -0.422. The lowest BCUT2D eigenvalue weighted by atomic mass is 9.85. The van der Waals surface area contributed by atoms with Crippen LogP contribution in [0.1, 0.15) is 46.5 Å². The molecular formula is C15H26N2O3. The van der Waals surface area contributed by atoms with Gasteiger partial charge in [-0.2, -0.15) is 0 Å². The first-order valence-electron chi connectivity index (χ1n) is 7.75. The number of hydrogen-bond donors (Lipinski definition) is 1. The first kappa shape index (κ1) is 14.1. The van der Waals surface area contributed by atoms with E-state index in [2.05, 4.69) is 5.32 Å². The summed E-state index contributed by atoms with van der Waals surface area (Å²) in [5.74, 6) is 0. The fourth-order valence-corrected chi connectivity index (χ4v) is 3.89. The molecule has 0 aliphatic carbocycles. The highest BCUT2D eigenvalue weighted by atomic mass is 16.6. The molecule has 3 saturated heterocycles. The largest absolute Gasteiger partial charge is 0.444 e. The lowest BCUT2D eigenvalue weighted by Crippen LogP contribution is -2.60. The fourth-order valence-electron chi connectivity index (χ4n) is 3.89. The van der Waals surface area contributed by atoms with Gasteiger partial charge in [-0.1, -0.05) is 0 Å². The molecule has 2 bridgehead atoms. The zero-order valence-corrected chi connectivity index (χ0v) is 12.8. The summed E-state index contributed by atoms with van der Waals surface area (Å²) in [5, 5.41) is 3.44. The highest BCUT2D eigenvalue weighted by Gasteiger charge is 2.52. The predicted octanol–water partition coefficient (Wildman–Crippen LogP) is 1.91. The Balaban J connectivity index is 1.70. The molecule has 1 spiro atoms. The number of nitrogens with zero attached hydrogens (tertiary/aromatic N) is 1. The summed E-state index contributed by atoms with van der Waals surface area (Å²) in [6, 6.07) is 0.562. The van der Waals surface area contributed by atoms with Gasteiger partial charge in [0.25, 0.3) is 0 Å². The second-order valence-corrected chi connectivity index (χ2v) is 7.39. The Morgan fingerprint density at radius 3 is 2.45 bits per heavy atom. The molecule has 3 atom stereocenters. The molecule has 1 amide bonds. The number of carbonyl (C=O) groups is 1. The highest BCUT2D eigenvalue weighted by Crippen LogP contribution is 2.43. The van der Waals surface area contributed by atoms with Gasteiger partial charge >= 0.3 is 6.09 Å². The summed E-state index contributed by atoms with van der Waals surface area (Å²) in [5.41, 5.74) is -0.475. The molecular weight excluding hydrogens is 256 g/mol. The Bertz CT molecular complexity index is 369. The number of fused-ring (bicyclic) bond motifs is 2. The minimum absolute atomic E-state index is 0.0530. The molecule has 0 aromatic heterocycles. The van der Waals surface area contributed by atoms with Gasteiger partial charge in [0.15, 0.2) is 0 Å². The Morgan fingerprint density at radius 2 is 1.95 bits per heavy atom. The van der Waals surface area contributed by atoms with Crippen molar-refractivity contribution in [3.8, 4) is 0 Å². The third kappa shape index (κ3) is 2.66. The molecule has 5 heteroatoms. The quantitative estimate of drug-likeness (QED) is 0.737. The van der Waals surface area contributed by atoms with Crippen LogP contribution in [-0.4, -0.2) is 54.0 Å². The van der Waals surface area contributed by atoms with Crippen LogP contribution < -0.4 is 5.32 Å². The SMILES string of the molecule is CC(C)(C)OC(=O)N1[C@@H]2CC[C@H]1CC1(CNCCO1)C2. The van der Waals surface area contributed by atoms with E-state index < -0.39 is 5.60 Å². The van der Waals surface area contributed by atoms with E-state index in [1.54, 1.807) is 0 Å². The van der Waals surface area contributed by atoms with E-state index in [0.29, 0.717) is 0 Å². The molecule has 3 rings (SSSR count). The van der Waals surface area contributed by atoms with Gasteiger partial charge in [-0.15, -0.1) is 0 Å². The fraction of sp³-hybridized carbons (Fsp3) is 0.933. The highest BCUT2D eigenvalue weighted by molar-refractivity contribution is 5.69. The van der Waals surface area contributed by atoms with Gasteiger partial charge < -0.3 is 19.7 Å². The van der Waals surface area contributed by atoms with Crippen LogP contribution in [0.5, 0.6) is 0 Å². The Labute approximate surface area is 121 Å². The first-order chi connectivity index (χ1) is 9.39. The van der Waals surface area contributed by atoms with E-state index in [1.807, 2.05) is 25.7 Å². The number of nitrogens with one attached hydrogen (secondary N) is 1. The summed E-state index contributed by atoms with van der Waals surface area (Å²) < 4.78 is 11.6. The molecule has 1 N–H and O–H groups in total. The van der Waals surface area contributed by atoms with E-state index in [1.165, 1.54) is 0 Å². The molecule has 0 aromatic carbocycles. The van der Waals surface area contributed by atoms with Crippen molar-refractivity contribution in [2.75, 3.05) is 19.7 Å². The number of piperidine rings is 1. The Hall–Kier alpha value is -0.810. The first-order valence-corrected chi connectivity index (χ1v) is 7.75. The van der Waals surface area contributed by atoms with Crippen molar-refractivity contribution in [1.82, 2.24) is 10.2 Å². The third-order valence-corrected chi connectivity index (χ3v) is 4.57. The van der Waals surface area contributed by atoms with Gasteiger partial charge in [0.1, 0.15) is 5.60 Å². The van der Waals surface area contributed by atoms with Gasteiger partial charge in [-0.3, -0.25) is 0 Å². The van der Waals surface area contributed by atoms with E-state index in [4.69, 9.17) is 9.47 Å². The normalized spacial score (nSPS) is 37.2. The maximum Gasteiger partial charge on any atom is 0.410 e. The zero-order chi connectivity index (χ0) is 14.4. The molecule has 3 heterocycles. The van der Waals surface area contributed by atoms with Crippen LogP contribution in [0.4, 0.5) is 4.79 Å². The number of ether oxygens (including phenoxy) is 2. The zero-order valence-electron chi connectivity index (χ0n) is 12.8. The van der Waals surface area contributed by atoms with Crippen LogP contribution in [-0.2, 0) is 9.47 Å². The van der Waals surface area contributed by atoms with Gasteiger partial charge in [0, 0.05) is 25.2 Å². The van der Waals surface area contributed by atoms with Crippen molar-refractivity contribution in [2.24, 2.45) is 0 Å². The van der Waals surface area contributed by atoms with Crippen molar-refractivity contribution in [3.63, 3.8) is 0 Å². The molecule has 3 aliphatic rings. The molecule has 0 radical (unpaired) electrons. The van der Waals surface area contributed by atoms with Crippen molar-refractivity contribution < 1.29 is 14.3 Å². The van der Waals surface area contributed by atoms with Gasteiger partial charge in [0.2, 0.25) is 0 Å². The van der Waals surface area contributed by atoms with Crippen LogP contribution in [0.15, 0.2) is 0 Å². The van der Waals surface area contributed by atoms with Gasteiger partial charge in [0.05, 0.1) is 12.2 Å². The van der Waals surface area contributed by atoms with E-state index in [9.17, 15) is 4.79 Å². The van der Waals surface area contributed by atoms with Crippen molar-refractivity contribution in [2.45, 2.75) is 69.7 Å². The maximum atomic E-state index is 12.4. The topological polar surface area (TPSA) is 50.8 Å². The molecule has 114 valence electrons. The minimum Gasteiger partial charge on any atom is -0.444 e. The number of amides is 1. The number of morpholine rings is 1. The van der Waals surface area contributed by atoms with Crippen LogP contribution >= 0.6 is 0 Å². The average Bonchev–Trinajstić information content (AvgIpc) is 2.62. The number of hydrogen-bond acceptors (Lipinski definition) is 4. The third-order valence-electron chi connectivity index (χ3n) is 4.57. The molecule has 0 aromatic rings. The summed E-state index contributed by atoms with van der Waals surface area (Å²) in [6.07, 6.45) is 3.89. The maximum absolute atomic E-state index is 12.4. The summed E-state index contributed by atoms with van der Waals surface area (Å²) >= 11 is 0. The molecule has 3 fully saturated rings. The van der Waals surface area contributed by atoms with Crippen LogP contribution in [0.3, 0.4) is 0 Å². The molecule has 3 aliphatic heterocycles. The summed E-state index contributed by atoms with van der Waals surface area (Å²) in [7, 11) is 0. The van der Waals surface area contributed by atoms with Gasteiger partial charge in [-0.25, -0.2) is 4.79 Å². The molecule has 5 nitrogen and oxygen atoms in total. The van der Waals surface area contributed by atoms with Crippen LogP contribution in [0.2, 0.25) is 0 Å². The Kier molecular flexibility index (Phi) is 3.45. The second kappa shape index (κ2) is 4.88. The van der Waals surface area contributed by atoms with E-state index in [-0.39, 0.29) is 23.8 Å². The van der Waals surface area contributed by atoms with Gasteiger partial charge in [-0.05, 0) is 46.5 Å². The number of rotatable bonds is 0. The van der Waals surface area contributed by atoms with E-state index >= 15 is 0 Å². The molecule has 0 saturated carbocycles. The predicted molar refractivity (Wildman–Crippen MR) is 75.7 cm³/mol. The standard InChI is InChI=1S/C15H26N2O3/c1-14(2,3)20-13(18)17-11-4-5-12(17)9-15(8-11)10-16-6-7-19-15/h11-12,16H,4-10H2,1-3H3/t11-,12+,15?. The summed E-state index contributed by atoms with van der Waals surface area (Å²) in [6.45, 7) is 8.41. The average molecular weight is 282 g/mol. The lowest BCUT2D eigenvalue weighted by Gasteiger charge is -2.48. The van der Waals surface area contributed by atoms with Crippen molar-refractivity contribution >= 4 is 6.09 Å².